The van der Waals surface area contributed by atoms with Crippen molar-refractivity contribution >= 4 is 6.03 Å². The summed E-state index contributed by atoms with van der Waals surface area (Å²) in [5.74, 6) is 0. The lowest BCUT2D eigenvalue weighted by molar-refractivity contribution is -0.253. The van der Waals surface area contributed by atoms with E-state index in [1.807, 2.05) is 0 Å². The number of urea groups is 1. The number of carbonyl (C=O) groups is 1. The summed E-state index contributed by atoms with van der Waals surface area (Å²) in [6, 6.07) is 4.10. The van der Waals surface area contributed by atoms with Gasteiger partial charge in [0.1, 0.15) is 0 Å². The lowest BCUT2D eigenvalue weighted by Gasteiger charge is -2.25. The van der Waals surface area contributed by atoms with Crippen LogP contribution in [-0.4, -0.2) is 52.0 Å². The molecule has 0 spiro atoms. The Morgan fingerprint density at radius 2 is 2.13 bits per heavy atom. The Balaban J connectivity index is 1.76. The lowest BCUT2D eigenvalue weighted by Crippen LogP contribution is -2.49. The number of aromatic nitrogens is 1. The Morgan fingerprint density at radius 3 is 2.74 bits per heavy atom. The molecule has 9 heteroatoms. The summed E-state index contributed by atoms with van der Waals surface area (Å²) in [5, 5.41) is 12.0. The van der Waals surface area contributed by atoms with Gasteiger partial charge in [-0.1, -0.05) is 6.07 Å². The van der Waals surface area contributed by atoms with E-state index in [0.717, 1.165) is 4.90 Å². The number of hydrogen-bond donors (Lipinski definition) is 2. The Hall–Kier alpha value is -2.03. The minimum absolute atomic E-state index is 0.153. The number of carbonyl (C=O) groups excluding carboxylic acids is 1. The second-order valence-corrected chi connectivity index (χ2v) is 5.52. The van der Waals surface area contributed by atoms with E-state index in [0.29, 0.717) is 13.0 Å². The maximum Gasteiger partial charge on any atom is 0.419 e. The lowest BCUT2D eigenvalue weighted by atomic mass is 10.0. The molecule has 1 saturated heterocycles. The summed E-state index contributed by atoms with van der Waals surface area (Å²) in [6.07, 6.45) is -3.19. The van der Waals surface area contributed by atoms with Crippen LogP contribution in [0.5, 0.6) is 0 Å². The number of halogens is 3. The normalized spacial score (nSPS) is 21.5. The van der Waals surface area contributed by atoms with Crippen LogP contribution in [0, 0.1) is 0 Å². The van der Waals surface area contributed by atoms with Crippen molar-refractivity contribution in [3.63, 3.8) is 0 Å². The molecular formula is C14H18F3N3O3. The van der Waals surface area contributed by atoms with Gasteiger partial charge >= 0.3 is 12.2 Å². The van der Waals surface area contributed by atoms with Crippen LogP contribution in [0.2, 0.25) is 0 Å². The number of aryl methyl sites for hydroxylation is 1. The minimum Gasteiger partial charge on any atom is -0.379 e. The van der Waals surface area contributed by atoms with Crippen molar-refractivity contribution in [2.24, 2.45) is 0 Å². The van der Waals surface area contributed by atoms with E-state index in [9.17, 15) is 27.9 Å². The van der Waals surface area contributed by atoms with Gasteiger partial charge in [0, 0.05) is 38.3 Å². The Kier molecular flexibility index (Phi) is 4.98. The third-order valence-electron chi connectivity index (χ3n) is 3.81. The van der Waals surface area contributed by atoms with Gasteiger partial charge in [-0.2, -0.15) is 13.2 Å². The first kappa shape index (κ1) is 17.3. The minimum atomic E-state index is -4.75. The van der Waals surface area contributed by atoms with Crippen molar-refractivity contribution in [2.75, 3.05) is 19.6 Å². The second-order valence-electron chi connectivity index (χ2n) is 5.52. The van der Waals surface area contributed by atoms with Gasteiger partial charge in [-0.05, 0) is 12.5 Å². The second kappa shape index (κ2) is 6.61. The Labute approximate surface area is 130 Å². The molecular weight excluding hydrogens is 315 g/mol. The number of likely N-dealkylation sites (tertiary alicyclic amines) is 1. The van der Waals surface area contributed by atoms with E-state index in [1.54, 1.807) is 18.3 Å². The molecule has 23 heavy (non-hydrogen) atoms. The van der Waals surface area contributed by atoms with E-state index >= 15 is 0 Å². The number of β-amino-alcohol motifs (C(OH)–C–C–N with tert-alkyl or cyclic N) is 1. The highest BCUT2D eigenvalue weighted by molar-refractivity contribution is 5.74. The predicted molar refractivity (Wildman–Crippen MR) is 75.9 cm³/mol. The number of hydrogen-bond acceptors (Lipinski definition) is 3. The zero-order valence-corrected chi connectivity index (χ0v) is 12.3. The standard InChI is InChI=1S/C14H18F3N3O3/c15-14(16,17)13(23)5-9-20(10-13)12(22)18-6-3-8-19-7-2-1-4-11(19)21/h1-2,4,7,23H,3,5-6,8-10H2,(H,18,22). The molecule has 1 unspecified atom stereocenters. The highest BCUT2D eigenvalue weighted by atomic mass is 19.4. The van der Waals surface area contributed by atoms with Crippen LogP contribution in [0.15, 0.2) is 29.2 Å². The average molecular weight is 333 g/mol. The smallest absolute Gasteiger partial charge is 0.379 e. The SMILES string of the molecule is O=C(NCCCn1ccccc1=O)N1CCC(O)(C(F)(F)F)C1. The molecule has 0 aromatic carbocycles. The number of nitrogens with one attached hydrogen (secondary N) is 1. The molecule has 1 aromatic heterocycles. The number of pyridine rings is 1. The van der Waals surface area contributed by atoms with E-state index in [-0.39, 0.29) is 18.6 Å². The number of rotatable bonds is 4. The first-order chi connectivity index (χ1) is 10.7. The van der Waals surface area contributed by atoms with Crippen molar-refractivity contribution in [1.82, 2.24) is 14.8 Å². The molecule has 0 bridgehead atoms. The largest absolute Gasteiger partial charge is 0.419 e. The fourth-order valence-corrected chi connectivity index (χ4v) is 2.40. The van der Waals surface area contributed by atoms with Crippen molar-refractivity contribution in [3.05, 3.63) is 34.7 Å². The third-order valence-corrected chi connectivity index (χ3v) is 3.81. The van der Waals surface area contributed by atoms with Crippen LogP contribution >= 0.6 is 0 Å². The molecule has 0 radical (unpaired) electrons. The zero-order valence-electron chi connectivity index (χ0n) is 12.3. The molecule has 1 atom stereocenters. The maximum absolute atomic E-state index is 12.7. The van der Waals surface area contributed by atoms with Crippen LogP contribution in [0.3, 0.4) is 0 Å². The van der Waals surface area contributed by atoms with Gasteiger partial charge in [0.05, 0.1) is 6.54 Å². The van der Waals surface area contributed by atoms with Gasteiger partial charge < -0.3 is 19.9 Å². The molecule has 1 aliphatic rings. The number of aliphatic hydroxyl groups is 1. The number of amides is 2. The molecule has 2 heterocycles. The first-order valence-corrected chi connectivity index (χ1v) is 7.20. The van der Waals surface area contributed by atoms with Gasteiger partial charge in [0.15, 0.2) is 5.60 Å². The molecule has 1 aliphatic heterocycles. The molecule has 6 nitrogen and oxygen atoms in total. The van der Waals surface area contributed by atoms with Crippen molar-refractivity contribution in [3.8, 4) is 0 Å². The topological polar surface area (TPSA) is 74.6 Å². The van der Waals surface area contributed by atoms with Gasteiger partial charge in [0.2, 0.25) is 5.56 Å². The first-order valence-electron chi connectivity index (χ1n) is 7.20. The van der Waals surface area contributed by atoms with E-state index in [4.69, 9.17) is 0 Å². The fraction of sp³-hybridized carbons (Fsp3) is 0.571. The van der Waals surface area contributed by atoms with Crippen LogP contribution in [0.25, 0.3) is 0 Å². The molecule has 2 amide bonds. The van der Waals surface area contributed by atoms with E-state index in [1.165, 1.54) is 10.6 Å². The highest BCUT2D eigenvalue weighted by Crippen LogP contribution is 2.37. The molecule has 1 aromatic rings. The van der Waals surface area contributed by atoms with E-state index in [2.05, 4.69) is 5.32 Å². The summed E-state index contributed by atoms with van der Waals surface area (Å²) in [7, 11) is 0. The van der Waals surface area contributed by atoms with Crippen molar-refractivity contribution < 1.29 is 23.1 Å². The summed E-state index contributed by atoms with van der Waals surface area (Å²) in [5.41, 5.74) is -2.99. The highest BCUT2D eigenvalue weighted by Gasteiger charge is 2.57. The molecule has 2 rings (SSSR count). The van der Waals surface area contributed by atoms with Gasteiger partial charge in [-0.15, -0.1) is 0 Å². The summed E-state index contributed by atoms with van der Waals surface area (Å²) < 4.78 is 39.5. The van der Waals surface area contributed by atoms with Gasteiger partial charge in [-0.25, -0.2) is 4.79 Å². The van der Waals surface area contributed by atoms with Crippen molar-refractivity contribution in [2.45, 2.75) is 31.2 Å². The van der Waals surface area contributed by atoms with Crippen LogP contribution in [0.1, 0.15) is 12.8 Å². The van der Waals surface area contributed by atoms with Crippen LogP contribution in [0.4, 0.5) is 18.0 Å². The summed E-state index contributed by atoms with van der Waals surface area (Å²) >= 11 is 0. The molecule has 0 aliphatic carbocycles. The third kappa shape index (κ3) is 4.04. The van der Waals surface area contributed by atoms with E-state index < -0.39 is 30.8 Å². The predicted octanol–water partition coefficient (Wildman–Crippen LogP) is 0.947. The monoisotopic (exact) mass is 333 g/mol. The maximum atomic E-state index is 12.7. The average Bonchev–Trinajstić information content (AvgIpc) is 2.89. The van der Waals surface area contributed by atoms with Crippen LogP contribution in [-0.2, 0) is 6.54 Å². The Morgan fingerprint density at radius 1 is 1.39 bits per heavy atom. The molecule has 1 fully saturated rings. The fourth-order valence-electron chi connectivity index (χ4n) is 2.40. The Bertz CT molecular complexity index is 617. The molecule has 0 saturated carbocycles. The summed E-state index contributed by atoms with van der Waals surface area (Å²) in [6.45, 7) is -0.298. The summed E-state index contributed by atoms with van der Waals surface area (Å²) in [4.78, 5) is 24.2. The number of alkyl halides is 3. The van der Waals surface area contributed by atoms with Gasteiger partial charge in [0.25, 0.3) is 0 Å². The molecule has 128 valence electrons. The quantitative estimate of drug-likeness (QED) is 0.806. The van der Waals surface area contributed by atoms with Crippen LogP contribution < -0.4 is 10.9 Å². The van der Waals surface area contributed by atoms with Crippen molar-refractivity contribution in [1.29, 1.82) is 0 Å². The number of nitrogens with zero attached hydrogens (tertiary/aromatic N) is 2. The zero-order chi connectivity index (χ0) is 17.1. The van der Waals surface area contributed by atoms with Gasteiger partial charge in [-0.3, -0.25) is 4.79 Å². The molecule has 2 N–H and O–H groups in total.